The highest BCUT2D eigenvalue weighted by Crippen LogP contribution is 2.05. The number of aryl methyl sites for hydroxylation is 1. The van der Waals surface area contributed by atoms with Crippen LogP contribution >= 0.6 is 0 Å². The molecule has 0 unspecified atom stereocenters. The minimum atomic E-state index is 0. The molecule has 3 nitrogen and oxygen atoms in total. The summed E-state index contributed by atoms with van der Waals surface area (Å²) in [6.07, 6.45) is 10.8. The number of hydrogen-bond acceptors (Lipinski definition) is 1. The summed E-state index contributed by atoms with van der Waals surface area (Å²) < 4.78 is 4.47. The lowest BCUT2D eigenvalue weighted by molar-refractivity contribution is -0.687. The van der Waals surface area contributed by atoms with Crippen molar-refractivity contribution in [3.8, 4) is 0 Å². The van der Waals surface area contributed by atoms with Crippen molar-refractivity contribution in [3.63, 3.8) is 0 Å². The van der Waals surface area contributed by atoms with E-state index in [-0.39, 0.29) is 5.48 Å². The summed E-state index contributed by atoms with van der Waals surface area (Å²) in [5.74, 6) is 0. The molecule has 0 spiro atoms. The van der Waals surface area contributed by atoms with Crippen LogP contribution in [0, 0.1) is 0 Å². The molecule has 0 fully saturated rings. The van der Waals surface area contributed by atoms with Crippen LogP contribution in [-0.4, -0.2) is 10.0 Å². The Morgan fingerprint density at radius 3 is 2.63 bits per heavy atom. The van der Waals surface area contributed by atoms with Gasteiger partial charge < -0.3 is 5.48 Å². The molecule has 2 rings (SSSR count). The molecule has 0 bridgehead atoms. The van der Waals surface area contributed by atoms with Crippen LogP contribution in [0.1, 0.15) is 30.9 Å². The van der Waals surface area contributed by atoms with Gasteiger partial charge in [0.15, 0.2) is 0 Å². The van der Waals surface area contributed by atoms with Crippen LogP contribution in [0.25, 0.3) is 6.08 Å². The first-order valence-electron chi connectivity index (χ1n) is 6.58. The number of rotatable bonds is 6. The molecule has 1 heterocycles. The van der Waals surface area contributed by atoms with Gasteiger partial charge in [-0.05, 0) is 17.5 Å². The van der Waals surface area contributed by atoms with Crippen molar-refractivity contribution >= 4 is 6.08 Å². The molecule has 1 aromatic heterocycles. The third kappa shape index (κ3) is 4.38. The Hall–Kier alpha value is -1.87. The number of hydrogen-bond donors (Lipinski definition) is 0. The number of unbranched alkanes of at least 4 members (excludes halogenated alkanes) is 1. The molecule has 0 radical (unpaired) electrons. The molecule has 19 heavy (non-hydrogen) atoms. The fourth-order valence-corrected chi connectivity index (χ4v) is 1.98. The maximum atomic E-state index is 3.77. The maximum Gasteiger partial charge on any atom is 0.244 e. The molecule has 2 aromatic rings. The van der Waals surface area contributed by atoms with Crippen LogP contribution in [0.3, 0.4) is 0 Å². The minimum Gasteiger partial charge on any atom is -0.870 e. The highest BCUT2D eigenvalue weighted by atomic mass is 16.0. The van der Waals surface area contributed by atoms with Crippen molar-refractivity contribution in [1.82, 2.24) is 4.57 Å². The van der Waals surface area contributed by atoms with E-state index in [4.69, 9.17) is 0 Å². The van der Waals surface area contributed by atoms with Crippen LogP contribution < -0.4 is 4.57 Å². The van der Waals surface area contributed by atoms with Gasteiger partial charge in [0.05, 0.1) is 6.54 Å². The number of aromatic nitrogens is 2. The van der Waals surface area contributed by atoms with E-state index in [2.05, 4.69) is 65.6 Å². The lowest BCUT2D eigenvalue weighted by Gasteiger charge is -1.99. The van der Waals surface area contributed by atoms with Gasteiger partial charge in [-0.15, -0.1) is 0 Å². The first-order chi connectivity index (χ1) is 8.81. The molecule has 0 saturated heterocycles. The summed E-state index contributed by atoms with van der Waals surface area (Å²) in [7, 11) is 0. The number of benzene rings is 1. The largest absolute Gasteiger partial charge is 0.870 e. The van der Waals surface area contributed by atoms with Crippen molar-refractivity contribution in [1.29, 1.82) is 0 Å². The van der Waals surface area contributed by atoms with Crippen molar-refractivity contribution in [2.45, 2.75) is 32.9 Å². The van der Waals surface area contributed by atoms with Gasteiger partial charge in [0.2, 0.25) is 6.33 Å². The molecule has 3 heteroatoms. The summed E-state index contributed by atoms with van der Waals surface area (Å²) in [6, 6.07) is 8.54. The predicted octanol–water partition coefficient (Wildman–Crippen LogP) is 3.09. The second-order valence-electron chi connectivity index (χ2n) is 4.62. The standard InChI is InChI=1S/C16H21N2.H2O/c1-3-5-10-17-11-12-18(14-17)13-16-8-6-15(4-2)7-9-16;/h4,6-9,11-12,14H,2-3,5,10,13H2,1H3;1H2/q+1;/p-1. The molecule has 0 aliphatic heterocycles. The monoisotopic (exact) mass is 258 g/mol. The first-order valence-corrected chi connectivity index (χ1v) is 6.58. The average Bonchev–Trinajstić information content (AvgIpc) is 2.85. The van der Waals surface area contributed by atoms with E-state index < -0.39 is 0 Å². The Bertz CT molecular complexity index is 500. The smallest absolute Gasteiger partial charge is 0.244 e. The van der Waals surface area contributed by atoms with Crippen molar-refractivity contribution < 1.29 is 10.0 Å². The molecular formula is C16H22N2O. The lowest BCUT2D eigenvalue weighted by Crippen LogP contribution is -2.31. The summed E-state index contributed by atoms with van der Waals surface area (Å²) >= 11 is 0. The fraction of sp³-hybridized carbons (Fsp3) is 0.312. The Balaban J connectivity index is 0.00000180. The summed E-state index contributed by atoms with van der Waals surface area (Å²) in [5, 5.41) is 0. The van der Waals surface area contributed by atoms with Gasteiger partial charge in [0, 0.05) is 0 Å². The van der Waals surface area contributed by atoms with Gasteiger partial charge in [-0.2, -0.15) is 0 Å². The van der Waals surface area contributed by atoms with Crippen molar-refractivity contribution in [2.24, 2.45) is 0 Å². The number of nitrogens with zero attached hydrogens (tertiary/aromatic N) is 2. The zero-order valence-electron chi connectivity index (χ0n) is 11.5. The molecule has 0 aliphatic rings. The molecule has 1 N–H and O–H groups in total. The van der Waals surface area contributed by atoms with Gasteiger partial charge in [-0.25, -0.2) is 9.13 Å². The maximum absolute atomic E-state index is 3.77. The quantitative estimate of drug-likeness (QED) is 0.734. The van der Waals surface area contributed by atoms with E-state index in [9.17, 15) is 0 Å². The SMILES string of the molecule is C=Cc1ccc(C[n+]2ccn(CCCC)c2)cc1.[OH-]. The third-order valence-electron chi connectivity index (χ3n) is 3.10. The van der Waals surface area contributed by atoms with Gasteiger partial charge in [0.1, 0.15) is 18.9 Å². The van der Waals surface area contributed by atoms with E-state index >= 15 is 0 Å². The topological polar surface area (TPSA) is 38.8 Å². The lowest BCUT2D eigenvalue weighted by atomic mass is 10.1. The summed E-state index contributed by atoms with van der Waals surface area (Å²) in [4.78, 5) is 0. The minimum absolute atomic E-state index is 0. The molecular weight excluding hydrogens is 236 g/mol. The van der Waals surface area contributed by atoms with Crippen LogP contribution in [-0.2, 0) is 13.1 Å². The van der Waals surface area contributed by atoms with Gasteiger partial charge in [-0.3, -0.25) is 0 Å². The Morgan fingerprint density at radius 1 is 1.26 bits per heavy atom. The summed E-state index contributed by atoms with van der Waals surface area (Å²) in [5.41, 5.74) is 2.49. The van der Waals surface area contributed by atoms with Gasteiger partial charge in [0.25, 0.3) is 0 Å². The fourth-order valence-electron chi connectivity index (χ4n) is 1.98. The molecule has 0 saturated carbocycles. The molecule has 102 valence electrons. The van der Waals surface area contributed by atoms with Crippen LogP contribution in [0.5, 0.6) is 0 Å². The van der Waals surface area contributed by atoms with Crippen molar-refractivity contribution in [3.05, 3.63) is 60.7 Å². The van der Waals surface area contributed by atoms with Crippen LogP contribution in [0.15, 0.2) is 49.6 Å². The normalized spacial score (nSPS) is 9.95. The van der Waals surface area contributed by atoms with E-state index in [1.54, 1.807) is 0 Å². The summed E-state index contributed by atoms with van der Waals surface area (Å²) in [6.45, 7) is 8.03. The first kappa shape index (κ1) is 15.2. The van der Waals surface area contributed by atoms with E-state index in [0.29, 0.717) is 0 Å². The zero-order chi connectivity index (χ0) is 12.8. The molecule has 0 aliphatic carbocycles. The van der Waals surface area contributed by atoms with Crippen molar-refractivity contribution in [2.75, 3.05) is 0 Å². The highest BCUT2D eigenvalue weighted by Gasteiger charge is 2.04. The molecule has 0 atom stereocenters. The second-order valence-corrected chi connectivity index (χ2v) is 4.62. The second kappa shape index (κ2) is 7.54. The van der Waals surface area contributed by atoms with E-state index in [1.165, 1.54) is 24.0 Å². The predicted molar refractivity (Wildman–Crippen MR) is 77.1 cm³/mol. The van der Waals surface area contributed by atoms with Crippen LogP contribution in [0.2, 0.25) is 0 Å². The average molecular weight is 258 g/mol. The third-order valence-corrected chi connectivity index (χ3v) is 3.10. The van der Waals surface area contributed by atoms with Gasteiger partial charge in [-0.1, -0.05) is 50.3 Å². The van der Waals surface area contributed by atoms with Crippen LogP contribution in [0.4, 0.5) is 0 Å². The Morgan fingerprint density at radius 2 is 2.00 bits per heavy atom. The van der Waals surface area contributed by atoms with E-state index in [0.717, 1.165) is 13.1 Å². The van der Waals surface area contributed by atoms with E-state index in [1.807, 2.05) is 6.08 Å². The Kier molecular flexibility index (Phi) is 6.03. The number of imidazole rings is 1. The molecule has 1 aromatic carbocycles. The highest BCUT2D eigenvalue weighted by molar-refractivity contribution is 5.47. The zero-order valence-corrected chi connectivity index (χ0v) is 11.5. The molecule has 0 amide bonds. The van der Waals surface area contributed by atoms with Gasteiger partial charge >= 0.3 is 0 Å². The Labute approximate surface area is 115 Å².